The largest absolute Gasteiger partial charge is 0.387 e. The maximum atomic E-state index is 11.3. The van der Waals surface area contributed by atoms with Gasteiger partial charge >= 0.3 is 0 Å². The van der Waals surface area contributed by atoms with Crippen molar-refractivity contribution in [1.29, 1.82) is 0 Å². The van der Waals surface area contributed by atoms with Gasteiger partial charge < -0.3 is 15.2 Å². The Bertz CT molecular complexity index is 499. The van der Waals surface area contributed by atoms with E-state index in [1.807, 2.05) is 0 Å². The minimum absolute atomic E-state index is 0.263. The number of ether oxygens (including phenoxy) is 1. The number of rotatable bonds is 10. The molecule has 0 amide bonds. The molecule has 21 heavy (non-hydrogen) atoms. The highest BCUT2D eigenvalue weighted by Gasteiger charge is 2.10. The smallest absolute Gasteiger partial charge is 0.175 e. The summed E-state index contributed by atoms with van der Waals surface area (Å²) in [6.45, 7) is 4.80. The molecule has 2 N–H and O–H groups in total. The Balaban J connectivity index is 2.31. The van der Waals surface area contributed by atoms with Gasteiger partial charge in [-0.25, -0.2) is 8.42 Å². The van der Waals surface area contributed by atoms with Gasteiger partial charge in [0, 0.05) is 26.0 Å². The second-order valence-electron chi connectivity index (χ2n) is 5.03. The lowest BCUT2D eigenvalue weighted by Crippen LogP contribution is -2.23. The predicted molar refractivity (Wildman–Crippen MR) is 83.1 cm³/mol. The zero-order valence-corrected chi connectivity index (χ0v) is 13.5. The molecule has 1 aromatic carbocycles. The molecule has 5 nitrogen and oxygen atoms in total. The standard InChI is InChI=1S/C15H25NO4S/c1-3-10-20-11-4-9-16-12-15(17)13-5-7-14(8-6-13)21(2,18)19/h5-8,15-17H,3-4,9-12H2,1-2H3. The first-order valence-electron chi connectivity index (χ1n) is 7.21. The molecular formula is C15H25NO4S. The molecule has 0 aromatic heterocycles. The van der Waals surface area contributed by atoms with Crippen molar-refractivity contribution in [3.63, 3.8) is 0 Å². The predicted octanol–water partition coefficient (Wildman–Crippen LogP) is 1.53. The number of hydrogen-bond acceptors (Lipinski definition) is 5. The number of sulfone groups is 1. The van der Waals surface area contributed by atoms with Crippen LogP contribution in [0.4, 0.5) is 0 Å². The van der Waals surface area contributed by atoms with Crippen LogP contribution < -0.4 is 5.32 Å². The molecule has 6 heteroatoms. The van der Waals surface area contributed by atoms with E-state index in [0.29, 0.717) is 12.1 Å². The van der Waals surface area contributed by atoms with Crippen LogP contribution in [-0.4, -0.2) is 46.1 Å². The third kappa shape index (κ3) is 7.04. The van der Waals surface area contributed by atoms with Crippen LogP contribution in [0.5, 0.6) is 0 Å². The fourth-order valence-electron chi connectivity index (χ4n) is 1.84. The number of aliphatic hydroxyl groups excluding tert-OH is 1. The van der Waals surface area contributed by atoms with Gasteiger partial charge in [-0.3, -0.25) is 0 Å². The first-order valence-corrected chi connectivity index (χ1v) is 9.11. The van der Waals surface area contributed by atoms with Gasteiger partial charge in [0.2, 0.25) is 0 Å². The van der Waals surface area contributed by atoms with Crippen LogP contribution in [-0.2, 0) is 14.6 Å². The molecule has 1 unspecified atom stereocenters. The van der Waals surface area contributed by atoms with Crippen molar-refractivity contribution in [2.24, 2.45) is 0 Å². The summed E-state index contributed by atoms with van der Waals surface area (Å²) in [4.78, 5) is 0.263. The van der Waals surface area contributed by atoms with Crippen LogP contribution in [0, 0.1) is 0 Å². The van der Waals surface area contributed by atoms with Crippen LogP contribution >= 0.6 is 0 Å². The molecule has 0 bridgehead atoms. The normalized spacial score (nSPS) is 13.3. The van der Waals surface area contributed by atoms with Gasteiger partial charge in [0.05, 0.1) is 11.0 Å². The maximum Gasteiger partial charge on any atom is 0.175 e. The number of hydrogen-bond donors (Lipinski definition) is 2. The van der Waals surface area contributed by atoms with E-state index in [1.54, 1.807) is 12.1 Å². The van der Waals surface area contributed by atoms with Crippen LogP contribution in [0.3, 0.4) is 0 Å². The van der Waals surface area contributed by atoms with Crippen LogP contribution in [0.15, 0.2) is 29.2 Å². The first kappa shape index (κ1) is 18.1. The van der Waals surface area contributed by atoms with Gasteiger partial charge in [0.15, 0.2) is 9.84 Å². The SMILES string of the molecule is CCCOCCCNCC(O)c1ccc(S(C)(=O)=O)cc1. The molecule has 0 heterocycles. The minimum Gasteiger partial charge on any atom is -0.387 e. The van der Waals surface area contributed by atoms with Gasteiger partial charge in [0.1, 0.15) is 0 Å². The van der Waals surface area contributed by atoms with E-state index < -0.39 is 15.9 Å². The van der Waals surface area contributed by atoms with Crippen molar-refractivity contribution in [2.45, 2.75) is 30.8 Å². The molecule has 0 saturated heterocycles. The molecule has 0 radical (unpaired) electrons. The average molecular weight is 315 g/mol. The highest BCUT2D eigenvalue weighted by Crippen LogP contribution is 2.15. The Morgan fingerprint density at radius 3 is 2.48 bits per heavy atom. The molecule has 1 rings (SSSR count). The lowest BCUT2D eigenvalue weighted by molar-refractivity contribution is 0.129. The van der Waals surface area contributed by atoms with E-state index in [2.05, 4.69) is 12.2 Å². The zero-order valence-electron chi connectivity index (χ0n) is 12.7. The summed E-state index contributed by atoms with van der Waals surface area (Å²) in [5.41, 5.74) is 0.706. The highest BCUT2D eigenvalue weighted by atomic mass is 32.2. The molecule has 0 saturated carbocycles. The van der Waals surface area contributed by atoms with Crippen LogP contribution in [0.1, 0.15) is 31.4 Å². The van der Waals surface area contributed by atoms with Crippen molar-refractivity contribution < 1.29 is 18.3 Å². The molecule has 0 fully saturated rings. The fourth-order valence-corrected chi connectivity index (χ4v) is 2.47. The van der Waals surface area contributed by atoms with Gasteiger partial charge in [0.25, 0.3) is 0 Å². The van der Waals surface area contributed by atoms with E-state index >= 15 is 0 Å². The van der Waals surface area contributed by atoms with E-state index in [-0.39, 0.29) is 4.90 Å². The molecule has 120 valence electrons. The lowest BCUT2D eigenvalue weighted by atomic mass is 10.1. The Hall–Kier alpha value is -0.950. The van der Waals surface area contributed by atoms with E-state index in [4.69, 9.17) is 4.74 Å². The summed E-state index contributed by atoms with van der Waals surface area (Å²) < 4.78 is 28.1. The van der Waals surface area contributed by atoms with Crippen LogP contribution in [0.25, 0.3) is 0 Å². The first-order chi connectivity index (χ1) is 9.95. The monoisotopic (exact) mass is 315 g/mol. The molecule has 0 aliphatic rings. The van der Waals surface area contributed by atoms with Crippen molar-refractivity contribution in [2.75, 3.05) is 32.6 Å². The van der Waals surface area contributed by atoms with Gasteiger partial charge in [-0.2, -0.15) is 0 Å². The molecule has 1 aromatic rings. The molecular weight excluding hydrogens is 290 g/mol. The number of nitrogens with one attached hydrogen (secondary N) is 1. The molecule has 0 aliphatic heterocycles. The summed E-state index contributed by atoms with van der Waals surface area (Å²) in [6.07, 6.45) is 2.45. The maximum absolute atomic E-state index is 11.3. The molecule has 1 atom stereocenters. The Morgan fingerprint density at radius 1 is 1.24 bits per heavy atom. The fraction of sp³-hybridized carbons (Fsp3) is 0.600. The van der Waals surface area contributed by atoms with Gasteiger partial charge in [-0.15, -0.1) is 0 Å². The van der Waals surface area contributed by atoms with E-state index in [0.717, 1.165) is 32.6 Å². The van der Waals surface area contributed by atoms with E-state index in [1.165, 1.54) is 18.4 Å². The highest BCUT2D eigenvalue weighted by molar-refractivity contribution is 7.90. The zero-order chi connectivity index (χ0) is 15.7. The number of aliphatic hydroxyl groups is 1. The van der Waals surface area contributed by atoms with Gasteiger partial charge in [-0.1, -0.05) is 19.1 Å². The van der Waals surface area contributed by atoms with Crippen LogP contribution in [0.2, 0.25) is 0 Å². The lowest BCUT2D eigenvalue weighted by Gasteiger charge is -2.12. The number of benzene rings is 1. The third-order valence-electron chi connectivity index (χ3n) is 3.02. The second-order valence-corrected chi connectivity index (χ2v) is 7.04. The summed E-state index contributed by atoms with van der Waals surface area (Å²) in [5.74, 6) is 0. The van der Waals surface area contributed by atoms with Gasteiger partial charge in [-0.05, 0) is 37.1 Å². The summed E-state index contributed by atoms with van der Waals surface area (Å²) in [5, 5.41) is 13.2. The van der Waals surface area contributed by atoms with E-state index in [9.17, 15) is 13.5 Å². The summed E-state index contributed by atoms with van der Waals surface area (Å²) in [7, 11) is -3.19. The second kappa shape index (κ2) is 9.15. The van der Waals surface area contributed by atoms with Crippen molar-refractivity contribution >= 4 is 9.84 Å². The average Bonchev–Trinajstić information content (AvgIpc) is 2.45. The Labute approximate surface area is 127 Å². The van der Waals surface area contributed by atoms with Crippen molar-refractivity contribution in [3.8, 4) is 0 Å². The molecule has 0 aliphatic carbocycles. The topological polar surface area (TPSA) is 75.6 Å². The minimum atomic E-state index is -3.19. The Morgan fingerprint density at radius 2 is 1.90 bits per heavy atom. The molecule has 0 spiro atoms. The third-order valence-corrected chi connectivity index (χ3v) is 4.15. The summed E-state index contributed by atoms with van der Waals surface area (Å²) >= 11 is 0. The summed E-state index contributed by atoms with van der Waals surface area (Å²) in [6, 6.07) is 6.33. The van der Waals surface area contributed by atoms with Crippen molar-refractivity contribution in [1.82, 2.24) is 5.32 Å². The quantitative estimate of drug-likeness (QED) is 0.640. The Kier molecular flexibility index (Phi) is 7.88. The van der Waals surface area contributed by atoms with Crippen molar-refractivity contribution in [3.05, 3.63) is 29.8 Å².